The Morgan fingerprint density at radius 1 is 1.35 bits per heavy atom. The standard InChI is InChI=1S/C12H21N3O2/c1-8(2)11-5-12(14-9(3)13-11)15(4)6-10(17)7-16/h5,8,10,16-17H,6-7H2,1-4H3/t10-/m0/s1. The molecule has 0 unspecified atom stereocenters. The average Bonchev–Trinajstić information content (AvgIpc) is 2.27. The second-order valence-electron chi connectivity index (χ2n) is 4.57. The van der Waals surface area contributed by atoms with Gasteiger partial charge < -0.3 is 15.1 Å². The van der Waals surface area contributed by atoms with Gasteiger partial charge in [0.1, 0.15) is 11.6 Å². The highest BCUT2D eigenvalue weighted by Gasteiger charge is 2.12. The van der Waals surface area contributed by atoms with Gasteiger partial charge in [-0.3, -0.25) is 0 Å². The highest BCUT2D eigenvalue weighted by Crippen LogP contribution is 2.17. The largest absolute Gasteiger partial charge is 0.394 e. The molecule has 5 heteroatoms. The van der Waals surface area contributed by atoms with Gasteiger partial charge in [0.15, 0.2) is 0 Å². The molecule has 0 radical (unpaired) electrons. The van der Waals surface area contributed by atoms with Gasteiger partial charge in [-0.15, -0.1) is 0 Å². The fraction of sp³-hybridized carbons (Fsp3) is 0.667. The fourth-order valence-electron chi connectivity index (χ4n) is 1.53. The number of nitrogens with zero attached hydrogens (tertiary/aromatic N) is 3. The average molecular weight is 239 g/mol. The maximum Gasteiger partial charge on any atom is 0.132 e. The van der Waals surface area contributed by atoms with E-state index in [0.717, 1.165) is 17.3 Å². The normalized spacial score (nSPS) is 12.9. The number of hydrogen-bond acceptors (Lipinski definition) is 5. The molecular formula is C12H21N3O2. The van der Waals surface area contributed by atoms with E-state index in [-0.39, 0.29) is 6.61 Å². The van der Waals surface area contributed by atoms with Crippen molar-refractivity contribution in [3.05, 3.63) is 17.6 Å². The Morgan fingerprint density at radius 3 is 2.53 bits per heavy atom. The lowest BCUT2D eigenvalue weighted by Gasteiger charge is -2.21. The first kappa shape index (κ1) is 13.9. The van der Waals surface area contributed by atoms with Crippen LogP contribution in [0.3, 0.4) is 0 Å². The summed E-state index contributed by atoms with van der Waals surface area (Å²) in [6.45, 7) is 6.11. The van der Waals surface area contributed by atoms with Gasteiger partial charge in [0.25, 0.3) is 0 Å². The van der Waals surface area contributed by atoms with Crippen LogP contribution in [-0.4, -0.2) is 46.5 Å². The fourth-order valence-corrected chi connectivity index (χ4v) is 1.53. The number of aromatic nitrogens is 2. The van der Waals surface area contributed by atoms with E-state index in [1.807, 2.05) is 24.9 Å². The van der Waals surface area contributed by atoms with Crippen molar-refractivity contribution in [1.82, 2.24) is 9.97 Å². The zero-order chi connectivity index (χ0) is 13.0. The van der Waals surface area contributed by atoms with Gasteiger partial charge >= 0.3 is 0 Å². The minimum absolute atomic E-state index is 0.245. The molecule has 0 saturated carbocycles. The Balaban J connectivity index is 2.89. The van der Waals surface area contributed by atoms with E-state index >= 15 is 0 Å². The third kappa shape index (κ3) is 3.94. The van der Waals surface area contributed by atoms with Gasteiger partial charge in [0, 0.05) is 25.4 Å². The van der Waals surface area contributed by atoms with Crippen LogP contribution in [0.5, 0.6) is 0 Å². The van der Waals surface area contributed by atoms with Crippen LogP contribution in [0.2, 0.25) is 0 Å². The van der Waals surface area contributed by atoms with Crippen LogP contribution >= 0.6 is 0 Å². The van der Waals surface area contributed by atoms with Crippen LogP contribution in [-0.2, 0) is 0 Å². The number of aliphatic hydroxyl groups is 2. The van der Waals surface area contributed by atoms with E-state index in [4.69, 9.17) is 5.11 Å². The van der Waals surface area contributed by atoms with Crippen molar-refractivity contribution in [3.63, 3.8) is 0 Å². The van der Waals surface area contributed by atoms with E-state index in [1.165, 1.54) is 0 Å². The van der Waals surface area contributed by atoms with Crippen molar-refractivity contribution in [2.24, 2.45) is 0 Å². The van der Waals surface area contributed by atoms with E-state index < -0.39 is 6.10 Å². The molecule has 1 rings (SSSR count). The highest BCUT2D eigenvalue weighted by atomic mass is 16.3. The molecule has 1 aromatic heterocycles. The maximum absolute atomic E-state index is 9.40. The Labute approximate surface area is 102 Å². The summed E-state index contributed by atoms with van der Waals surface area (Å²) >= 11 is 0. The van der Waals surface area contributed by atoms with Crippen LogP contribution in [0.4, 0.5) is 5.82 Å². The molecule has 1 atom stereocenters. The summed E-state index contributed by atoms with van der Waals surface area (Å²) < 4.78 is 0. The van der Waals surface area contributed by atoms with Gasteiger partial charge in [0.2, 0.25) is 0 Å². The molecule has 0 amide bonds. The number of rotatable bonds is 5. The first-order valence-corrected chi connectivity index (χ1v) is 5.79. The summed E-state index contributed by atoms with van der Waals surface area (Å²) in [6.07, 6.45) is -0.752. The summed E-state index contributed by atoms with van der Waals surface area (Å²) in [4.78, 5) is 10.5. The Kier molecular flexibility index (Phi) is 4.84. The van der Waals surface area contributed by atoms with Gasteiger partial charge in [-0.25, -0.2) is 9.97 Å². The molecule has 1 heterocycles. The monoisotopic (exact) mass is 239 g/mol. The van der Waals surface area contributed by atoms with Gasteiger partial charge in [-0.05, 0) is 12.8 Å². The molecule has 0 aliphatic heterocycles. The number of aryl methyl sites for hydroxylation is 1. The van der Waals surface area contributed by atoms with Crippen LogP contribution in [0, 0.1) is 6.92 Å². The first-order chi connectivity index (χ1) is 7.93. The maximum atomic E-state index is 9.40. The summed E-state index contributed by atoms with van der Waals surface area (Å²) in [5.41, 5.74) is 0.984. The van der Waals surface area contributed by atoms with E-state index in [0.29, 0.717) is 12.5 Å². The molecule has 0 aliphatic rings. The predicted molar refractivity (Wildman–Crippen MR) is 67.2 cm³/mol. The van der Waals surface area contributed by atoms with Crippen molar-refractivity contribution >= 4 is 5.82 Å². The first-order valence-electron chi connectivity index (χ1n) is 5.79. The molecule has 2 N–H and O–H groups in total. The second-order valence-corrected chi connectivity index (χ2v) is 4.57. The Bertz CT molecular complexity index is 369. The third-order valence-electron chi connectivity index (χ3n) is 2.52. The SMILES string of the molecule is Cc1nc(C(C)C)cc(N(C)C[C@H](O)CO)n1. The van der Waals surface area contributed by atoms with Gasteiger partial charge in [-0.1, -0.05) is 13.8 Å². The number of aliphatic hydroxyl groups excluding tert-OH is 2. The molecule has 0 fully saturated rings. The summed E-state index contributed by atoms with van der Waals surface area (Å²) in [5, 5.41) is 18.2. The number of hydrogen-bond donors (Lipinski definition) is 2. The molecule has 1 aromatic rings. The van der Waals surface area contributed by atoms with Crippen LogP contribution in [0.1, 0.15) is 31.3 Å². The zero-order valence-corrected chi connectivity index (χ0v) is 10.9. The molecule has 17 heavy (non-hydrogen) atoms. The molecule has 0 bridgehead atoms. The smallest absolute Gasteiger partial charge is 0.132 e. The van der Waals surface area contributed by atoms with Crippen molar-refractivity contribution in [3.8, 4) is 0 Å². The molecule has 0 spiro atoms. The topological polar surface area (TPSA) is 69.5 Å². The Morgan fingerprint density at radius 2 is 2.00 bits per heavy atom. The van der Waals surface area contributed by atoms with Crippen LogP contribution in [0.15, 0.2) is 6.07 Å². The summed E-state index contributed by atoms with van der Waals surface area (Å²) in [7, 11) is 1.84. The quantitative estimate of drug-likeness (QED) is 0.791. The lowest BCUT2D eigenvalue weighted by molar-refractivity contribution is 0.101. The van der Waals surface area contributed by atoms with Crippen molar-refractivity contribution < 1.29 is 10.2 Å². The molecule has 96 valence electrons. The van der Waals surface area contributed by atoms with E-state index in [9.17, 15) is 5.11 Å². The molecule has 0 aromatic carbocycles. The van der Waals surface area contributed by atoms with E-state index in [2.05, 4.69) is 23.8 Å². The second kappa shape index (κ2) is 5.93. The zero-order valence-electron chi connectivity index (χ0n) is 10.9. The van der Waals surface area contributed by atoms with E-state index in [1.54, 1.807) is 0 Å². The third-order valence-corrected chi connectivity index (χ3v) is 2.52. The van der Waals surface area contributed by atoms with Gasteiger partial charge in [0.05, 0.1) is 12.7 Å². The minimum atomic E-state index is -0.752. The summed E-state index contributed by atoms with van der Waals surface area (Å²) in [5.74, 6) is 1.83. The van der Waals surface area contributed by atoms with Gasteiger partial charge in [-0.2, -0.15) is 0 Å². The van der Waals surface area contributed by atoms with Crippen LogP contribution < -0.4 is 4.90 Å². The lowest BCUT2D eigenvalue weighted by Crippen LogP contribution is -2.32. The van der Waals surface area contributed by atoms with Crippen molar-refractivity contribution in [1.29, 1.82) is 0 Å². The minimum Gasteiger partial charge on any atom is -0.394 e. The molecule has 0 aliphatic carbocycles. The number of anilines is 1. The summed E-state index contributed by atoms with van der Waals surface area (Å²) in [6, 6.07) is 1.92. The Hall–Kier alpha value is -1.20. The highest BCUT2D eigenvalue weighted by molar-refractivity contribution is 5.39. The van der Waals surface area contributed by atoms with Crippen molar-refractivity contribution in [2.45, 2.75) is 32.8 Å². The van der Waals surface area contributed by atoms with Crippen LogP contribution in [0.25, 0.3) is 0 Å². The molecule has 5 nitrogen and oxygen atoms in total. The molecule has 0 saturated heterocycles. The van der Waals surface area contributed by atoms with Crippen molar-refractivity contribution in [2.75, 3.05) is 25.1 Å². The molecular weight excluding hydrogens is 218 g/mol. The number of likely N-dealkylation sites (N-methyl/N-ethyl adjacent to an activating group) is 1. The lowest BCUT2D eigenvalue weighted by atomic mass is 10.1. The predicted octanol–water partition coefficient (Wildman–Crippen LogP) is 0.698.